The van der Waals surface area contributed by atoms with E-state index in [1.807, 2.05) is 11.8 Å². The van der Waals surface area contributed by atoms with Crippen LogP contribution < -0.4 is 0 Å². The Morgan fingerprint density at radius 1 is 1.47 bits per heavy atom. The Morgan fingerprint density at radius 2 is 2.18 bits per heavy atom. The molecule has 0 spiro atoms. The number of aromatic amines is 1. The summed E-state index contributed by atoms with van der Waals surface area (Å²) in [6, 6.07) is 2.11. The van der Waals surface area contributed by atoms with E-state index >= 15 is 0 Å². The summed E-state index contributed by atoms with van der Waals surface area (Å²) in [5, 5.41) is 0.591. The molecule has 0 saturated heterocycles. The van der Waals surface area contributed by atoms with Gasteiger partial charge in [-0.05, 0) is 25.8 Å². The number of nitrogens with zero attached hydrogens (tertiary/aromatic N) is 1. The van der Waals surface area contributed by atoms with Crippen molar-refractivity contribution >= 4 is 17.5 Å². The van der Waals surface area contributed by atoms with Crippen molar-refractivity contribution < 1.29 is 4.79 Å². The van der Waals surface area contributed by atoms with E-state index in [2.05, 4.69) is 4.98 Å². The second-order valence-electron chi connectivity index (χ2n) is 4.61. The van der Waals surface area contributed by atoms with Crippen molar-refractivity contribution in [3.05, 3.63) is 23.0 Å². The smallest absolute Gasteiger partial charge is 0.270 e. The zero-order chi connectivity index (χ0) is 12.3. The van der Waals surface area contributed by atoms with E-state index in [0.717, 1.165) is 19.4 Å². The van der Waals surface area contributed by atoms with Crippen LogP contribution in [0.25, 0.3) is 0 Å². The lowest BCUT2D eigenvalue weighted by molar-refractivity contribution is 0.0642. The van der Waals surface area contributed by atoms with Gasteiger partial charge in [-0.25, -0.2) is 0 Å². The lowest BCUT2D eigenvalue weighted by atomic mass is 9.94. The summed E-state index contributed by atoms with van der Waals surface area (Å²) in [5.74, 6) is 0.0753. The maximum absolute atomic E-state index is 12.3. The first-order valence-corrected chi connectivity index (χ1v) is 6.75. The molecule has 1 fully saturated rings. The molecule has 1 amide bonds. The summed E-state index contributed by atoms with van der Waals surface area (Å²) in [5.41, 5.74) is 0.599. The molecule has 0 radical (unpaired) electrons. The van der Waals surface area contributed by atoms with Crippen molar-refractivity contribution in [1.82, 2.24) is 9.88 Å². The van der Waals surface area contributed by atoms with Crippen molar-refractivity contribution in [2.24, 2.45) is 0 Å². The van der Waals surface area contributed by atoms with Gasteiger partial charge in [0.2, 0.25) is 0 Å². The largest absolute Gasteiger partial charge is 0.356 e. The number of aromatic nitrogens is 1. The highest BCUT2D eigenvalue weighted by atomic mass is 35.5. The molecule has 1 saturated carbocycles. The molecule has 3 nitrogen and oxygen atoms in total. The number of nitrogens with one attached hydrogen (secondary N) is 1. The highest BCUT2D eigenvalue weighted by molar-refractivity contribution is 6.30. The molecule has 1 heterocycles. The lowest BCUT2D eigenvalue weighted by Gasteiger charge is -2.33. The molecule has 4 heteroatoms. The van der Waals surface area contributed by atoms with Gasteiger partial charge in [0.05, 0.1) is 5.02 Å². The van der Waals surface area contributed by atoms with Gasteiger partial charge in [-0.1, -0.05) is 30.9 Å². The summed E-state index contributed by atoms with van der Waals surface area (Å²) >= 11 is 5.84. The predicted octanol–water partition coefficient (Wildman–Crippen LogP) is 3.46. The third-order valence-corrected chi connectivity index (χ3v) is 3.71. The minimum atomic E-state index is 0.0753. The molecule has 0 atom stereocenters. The van der Waals surface area contributed by atoms with Crippen LogP contribution in [0.1, 0.15) is 49.5 Å². The molecule has 1 N–H and O–H groups in total. The summed E-state index contributed by atoms with van der Waals surface area (Å²) in [7, 11) is 0. The Labute approximate surface area is 107 Å². The lowest BCUT2D eigenvalue weighted by Crippen LogP contribution is -2.41. The van der Waals surface area contributed by atoms with Gasteiger partial charge in [-0.2, -0.15) is 0 Å². The van der Waals surface area contributed by atoms with Gasteiger partial charge in [0.1, 0.15) is 5.69 Å². The van der Waals surface area contributed by atoms with E-state index in [9.17, 15) is 4.79 Å². The minimum Gasteiger partial charge on any atom is -0.356 e. The maximum Gasteiger partial charge on any atom is 0.270 e. The van der Waals surface area contributed by atoms with Gasteiger partial charge in [0.25, 0.3) is 5.91 Å². The quantitative estimate of drug-likeness (QED) is 0.881. The van der Waals surface area contributed by atoms with Crippen LogP contribution in [0.15, 0.2) is 12.3 Å². The number of hydrogen-bond donors (Lipinski definition) is 1. The summed E-state index contributed by atoms with van der Waals surface area (Å²) in [4.78, 5) is 17.2. The van der Waals surface area contributed by atoms with Crippen LogP contribution in [0.4, 0.5) is 0 Å². The standard InChI is InChI=1S/C13H19ClN2O/c1-2-16(11-6-4-3-5-7-11)13(17)12-8-10(14)9-15-12/h8-9,11,15H,2-7H2,1H3. The fraction of sp³-hybridized carbons (Fsp3) is 0.615. The molecule has 0 bridgehead atoms. The van der Waals surface area contributed by atoms with E-state index in [0.29, 0.717) is 16.8 Å². The summed E-state index contributed by atoms with van der Waals surface area (Å²) in [6.45, 7) is 2.80. The van der Waals surface area contributed by atoms with Crippen LogP contribution in [0, 0.1) is 0 Å². The van der Waals surface area contributed by atoms with E-state index in [-0.39, 0.29) is 5.91 Å². The van der Waals surface area contributed by atoms with Crippen LogP contribution in [0.2, 0.25) is 5.02 Å². The van der Waals surface area contributed by atoms with Crippen LogP contribution in [-0.4, -0.2) is 28.4 Å². The van der Waals surface area contributed by atoms with Crippen LogP contribution >= 0.6 is 11.6 Å². The first-order valence-electron chi connectivity index (χ1n) is 6.37. The number of amides is 1. The van der Waals surface area contributed by atoms with Gasteiger partial charge >= 0.3 is 0 Å². The molecule has 1 aromatic heterocycles. The average molecular weight is 255 g/mol. The second-order valence-corrected chi connectivity index (χ2v) is 5.05. The monoisotopic (exact) mass is 254 g/mol. The zero-order valence-corrected chi connectivity index (χ0v) is 11.0. The number of hydrogen-bond acceptors (Lipinski definition) is 1. The highest BCUT2D eigenvalue weighted by Crippen LogP contribution is 2.24. The van der Waals surface area contributed by atoms with E-state index in [1.165, 1.54) is 19.3 Å². The van der Waals surface area contributed by atoms with Crippen molar-refractivity contribution in [2.45, 2.75) is 45.1 Å². The number of H-pyrrole nitrogens is 1. The average Bonchev–Trinajstić information content (AvgIpc) is 2.78. The number of carbonyl (C=O) groups excluding carboxylic acids is 1. The molecule has 0 aliphatic heterocycles. The molecule has 17 heavy (non-hydrogen) atoms. The third kappa shape index (κ3) is 2.83. The molecule has 1 aliphatic carbocycles. The number of halogens is 1. The second kappa shape index (κ2) is 5.58. The van der Waals surface area contributed by atoms with Gasteiger partial charge in [-0.3, -0.25) is 4.79 Å². The number of rotatable bonds is 3. The van der Waals surface area contributed by atoms with Crippen molar-refractivity contribution in [1.29, 1.82) is 0 Å². The molecule has 0 unspecified atom stereocenters. The van der Waals surface area contributed by atoms with Crippen molar-refractivity contribution in [2.75, 3.05) is 6.54 Å². The van der Waals surface area contributed by atoms with E-state index in [4.69, 9.17) is 11.6 Å². The predicted molar refractivity (Wildman–Crippen MR) is 69.4 cm³/mol. The third-order valence-electron chi connectivity index (χ3n) is 3.50. The Morgan fingerprint density at radius 3 is 2.71 bits per heavy atom. The van der Waals surface area contributed by atoms with Crippen LogP contribution in [0.3, 0.4) is 0 Å². The molecule has 0 aromatic carbocycles. The molecule has 2 rings (SSSR count). The molecule has 1 aliphatic rings. The van der Waals surface area contributed by atoms with Gasteiger partial charge in [0.15, 0.2) is 0 Å². The molecule has 1 aromatic rings. The van der Waals surface area contributed by atoms with Gasteiger partial charge < -0.3 is 9.88 Å². The van der Waals surface area contributed by atoms with E-state index < -0.39 is 0 Å². The Kier molecular flexibility index (Phi) is 4.11. The Hall–Kier alpha value is -0.960. The minimum absolute atomic E-state index is 0.0753. The van der Waals surface area contributed by atoms with Crippen molar-refractivity contribution in [3.8, 4) is 0 Å². The zero-order valence-electron chi connectivity index (χ0n) is 10.2. The normalized spacial score (nSPS) is 17.1. The van der Waals surface area contributed by atoms with Crippen LogP contribution in [-0.2, 0) is 0 Å². The first kappa shape index (κ1) is 12.5. The molecule has 94 valence electrons. The van der Waals surface area contributed by atoms with E-state index in [1.54, 1.807) is 12.3 Å². The first-order chi connectivity index (χ1) is 8.22. The molecular formula is C13H19ClN2O. The van der Waals surface area contributed by atoms with Crippen molar-refractivity contribution in [3.63, 3.8) is 0 Å². The Balaban J connectivity index is 2.09. The fourth-order valence-electron chi connectivity index (χ4n) is 2.61. The summed E-state index contributed by atoms with van der Waals surface area (Å²) in [6.07, 6.45) is 7.70. The topological polar surface area (TPSA) is 36.1 Å². The fourth-order valence-corrected chi connectivity index (χ4v) is 2.77. The summed E-state index contributed by atoms with van der Waals surface area (Å²) < 4.78 is 0. The SMILES string of the molecule is CCN(C(=O)c1cc(Cl)c[nH]1)C1CCCCC1. The Bertz CT molecular complexity index is 383. The van der Waals surface area contributed by atoms with Crippen LogP contribution in [0.5, 0.6) is 0 Å². The van der Waals surface area contributed by atoms with Gasteiger partial charge in [-0.15, -0.1) is 0 Å². The maximum atomic E-state index is 12.3. The number of carbonyl (C=O) groups is 1. The highest BCUT2D eigenvalue weighted by Gasteiger charge is 2.25. The van der Waals surface area contributed by atoms with Gasteiger partial charge in [0, 0.05) is 18.8 Å². The molecular weight excluding hydrogens is 236 g/mol.